The number of amides is 1. The van der Waals surface area contributed by atoms with Crippen molar-refractivity contribution >= 4 is 5.91 Å². The van der Waals surface area contributed by atoms with Crippen molar-refractivity contribution in [3.63, 3.8) is 0 Å². The fourth-order valence-electron chi connectivity index (χ4n) is 2.87. The molecule has 4 heteroatoms. The summed E-state index contributed by atoms with van der Waals surface area (Å²) in [5, 5.41) is 3.46. The smallest absolute Gasteiger partial charge is 0.251 e. The molecule has 0 aromatic heterocycles. The van der Waals surface area contributed by atoms with Gasteiger partial charge in [-0.15, -0.1) is 0 Å². The first kappa shape index (κ1) is 13.8. The summed E-state index contributed by atoms with van der Waals surface area (Å²) in [5.74, 6) is 0.183. The van der Waals surface area contributed by atoms with Gasteiger partial charge in [-0.2, -0.15) is 0 Å². The van der Waals surface area contributed by atoms with Gasteiger partial charge in [0, 0.05) is 18.6 Å². The Morgan fingerprint density at radius 1 is 1.39 bits per heavy atom. The minimum Gasteiger partial charge on any atom is -0.365 e. The summed E-state index contributed by atoms with van der Waals surface area (Å²) in [5.41, 5.74) is 0. The van der Waals surface area contributed by atoms with Gasteiger partial charge < -0.3 is 15.0 Å². The number of carbonyl (C=O) groups excluding carboxylic acids is 1. The summed E-state index contributed by atoms with van der Waals surface area (Å²) in [6.07, 6.45) is 4.31. The molecule has 0 aromatic carbocycles. The normalized spacial score (nSPS) is 32.1. The van der Waals surface area contributed by atoms with Crippen LogP contribution >= 0.6 is 0 Å². The lowest BCUT2D eigenvalue weighted by molar-refractivity contribution is -0.144. The predicted octanol–water partition coefficient (Wildman–Crippen LogP) is 1.54. The molecule has 18 heavy (non-hydrogen) atoms. The molecule has 2 aliphatic heterocycles. The topological polar surface area (TPSA) is 41.6 Å². The number of ether oxygens (including phenoxy) is 1. The van der Waals surface area contributed by atoms with Gasteiger partial charge in [-0.05, 0) is 53.0 Å². The van der Waals surface area contributed by atoms with E-state index in [0.29, 0.717) is 6.04 Å². The van der Waals surface area contributed by atoms with Gasteiger partial charge in [-0.3, -0.25) is 4.79 Å². The Morgan fingerprint density at radius 3 is 2.67 bits per heavy atom. The second-order valence-corrected chi connectivity index (χ2v) is 5.89. The van der Waals surface area contributed by atoms with Crippen LogP contribution in [0, 0.1) is 0 Å². The lowest BCUT2D eigenvalue weighted by Gasteiger charge is -2.31. The van der Waals surface area contributed by atoms with Gasteiger partial charge in [0.15, 0.2) is 0 Å². The Labute approximate surface area is 110 Å². The summed E-state index contributed by atoms with van der Waals surface area (Å²) in [7, 11) is 0. The summed E-state index contributed by atoms with van der Waals surface area (Å²) in [6.45, 7) is 8.13. The largest absolute Gasteiger partial charge is 0.365 e. The molecule has 0 aromatic rings. The summed E-state index contributed by atoms with van der Waals surface area (Å²) >= 11 is 0. The first-order valence-electron chi connectivity index (χ1n) is 7.27. The molecule has 0 bridgehead atoms. The monoisotopic (exact) mass is 254 g/mol. The quantitative estimate of drug-likeness (QED) is 0.827. The van der Waals surface area contributed by atoms with Crippen LogP contribution in [0.3, 0.4) is 0 Å². The number of nitrogens with one attached hydrogen (secondary N) is 1. The second kappa shape index (κ2) is 6.02. The third-order valence-corrected chi connectivity index (χ3v) is 3.99. The standard InChI is InChI=1S/C14H26N2O2/c1-10(2)16(9-12-5-4-8-15-12)14(17)13-7-6-11(3)18-13/h10-13,15H,4-9H2,1-3H3. The molecule has 2 saturated heterocycles. The summed E-state index contributed by atoms with van der Waals surface area (Å²) in [4.78, 5) is 14.5. The number of carbonyl (C=O) groups is 1. The highest BCUT2D eigenvalue weighted by molar-refractivity contribution is 5.81. The van der Waals surface area contributed by atoms with Crippen LogP contribution in [0.5, 0.6) is 0 Å². The Morgan fingerprint density at radius 2 is 2.17 bits per heavy atom. The van der Waals surface area contributed by atoms with Crippen molar-refractivity contribution in [3.05, 3.63) is 0 Å². The van der Waals surface area contributed by atoms with E-state index in [1.807, 2.05) is 11.8 Å². The van der Waals surface area contributed by atoms with Crippen LogP contribution in [-0.4, -0.2) is 48.2 Å². The third-order valence-electron chi connectivity index (χ3n) is 3.99. The fourth-order valence-corrected chi connectivity index (χ4v) is 2.87. The zero-order chi connectivity index (χ0) is 13.1. The molecule has 104 valence electrons. The number of hydrogen-bond donors (Lipinski definition) is 1. The molecule has 2 heterocycles. The van der Waals surface area contributed by atoms with Gasteiger partial charge in [-0.25, -0.2) is 0 Å². The summed E-state index contributed by atoms with van der Waals surface area (Å²) < 4.78 is 5.71. The summed E-state index contributed by atoms with van der Waals surface area (Å²) in [6, 6.07) is 0.717. The van der Waals surface area contributed by atoms with Crippen LogP contribution in [0.25, 0.3) is 0 Å². The molecule has 3 atom stereocenters. The molecular formula is C14H26N2O2. The number of nitrogens with zero attached hydrogens (tertiary/aromatic N) is 1. The van der Waals surface area contributed by atoms with Gasteiger partial charge in [0.25, 0.3) is 5.91 Å². The third kappa shape index (κ3) is 3.23. The molecule has 2 rings (SSSR count). The van der Waals surface area contributed by atoms with Crippen LogP contribution in [0.1, 0.15) is 46.5 Å². The number of rotatable bonds is 4. The SMILES string of the molecule is CC1CCC(C(=O)N(CC2CCCN2)C(C)C)O1. The van der Waals surface area contributed by atoms with Crippen LogP contribution in [0.2, 0.25) is 0 Å². The van der Waals surface area contributed by atoms with E-state index in [2.05, 4.69) is 19.2 Å². The van der Waals surface area contributed by atoms with Crippen molar-refractivity contribution in [2.24, 2.45) is 0 Å². The average molecular weight is 254 g/mol. The highest BCUT2D eigenvalue weighted by Gasteiger charge is 2.33. The molecule has 2 aliphatic rings. The van der Waals surface area contributed by atoms with E-state index in [0.717, 1.165) is 25.9 Å². The van der Waals surface area contributed by atoms with E-state index in [1.54, 1.807) is 0 Å². The molecule has 2 fully saturated rings. The van der Waals surface area contributed by atoms with Crippen molar-refractivity contribution in [2.75, 3.05) is 13.1 Å². The second-order valence-electron chi connectivity index (χ2n) is 5.89. The van der Waals surface area contributed by atoms with Gasteiger partial charge in [0.1, 0.15) is 6.10 Å². The van der Waals surface area contributed by atoms with E-state index in [1.165, 1.54) is 12.8 Å². The van der Waals surface area contributed by atoms with Crippen LogP contribution in [0.15, 0.2) is 0 Å². The lowest BCUT2D eigenvalue weighted by Crippen LogP contribution is -2.48. The highest BCUT2D eigenvalue weighted by atomic mass is 16.5. The first-order chi connectivity index (χ1) is 8.58. The van der Waals surface area contributed by atoms with Crippen molar-refractivity contribution in [1.82, 2.24) is 10.2 Å². The Bertz CT molecular complexity index is 288. The minimum absolute atomic E-state index is 0.183. The van der Waals surface area contributed by atoms with Crippen LogP contribution in [-0.2, 0) is 9.53 Å². The van der Waals surface area contributed by atoms with E-state index >= 15 is 0 Å². The Kier molecular flexibility index (Phi) is 4.62. The molecule has 0 radical (unpaired) electrons. The van der Waals surface area contributed by atoms with E-state index in [-0.39, 0.29) is 24.2 Å². The van der Waals surface area contributed by atoms with E-state index < -0.39 is 0 Å². The van der Waals surface area contributed by atoms with Gasteiger partial charge in [0.05, 0.1) is 6.10 Å². The molecule has 1 N–H and O–H groups in total. The van der Waals surface area contributed by atoms with Crippen molar-refractivity contribution in [1.29, 1.82) is 0 Å². The van der Waals surface area contributed by atoms with Crippen LogP contribution < -0.4 is 5.32 Å². The maximum atomic E-state index is 12.5. The molecule has 0 saturated carbocycles. The fraction of sp³-hybridized carbons (Fsp3) is 0.929. The van der Waals surface area contributed by atoms with Crippen molar-refractivity contribution in [3.8, 4) is 0 Å². The zero-order valence-electron chi connectivity index (χ0n) is 11.8. The van der Waals surface area contributed by atoms with Crippen LogP contribution in [0.4, 0.5) is 0 Å². The van der Waals surface area contributed by atoms with E-state index in [9.17, 15) is 4.79 Å². The van der Waals surface area contributed by atoms with Crippen molar-refractivity contribution < 1.29 is 9.53 Å². The minimum atomic E-state index is -0.205. The first-order valence-corrected chi connectivity index (χ1v) is 7.27. The molecule has 0 spiro atoms. The zero-order valence-corrected chi connectivity index (χ0v) is 11.8. The predicted molar refractivity (Wildman–Crippen MR) is 71.4 cm³/mol. The van der Waals surface area contributed by atoms with Gasteiger partial charge >= 0.3 is 0 Å². The Hall–Kier alpha value is -0.610. The molecule has 0 aliphatic carbocycles. The highest BCUT2D eigenvalue weighted by Crippen LogP contribution is 2.22. The molecule has 1 amide bonds. The molecule has 3 unspecified atom stereocenters. The Balaban J connectivity index is 1.93. The molecular weight excluding hydrogens is 228 g/mol. The van der Waals surface area contributed by atoms with Gasteiger partial charge in [0.2, 0.25) is 0 Å². The average Bonchev–Trinajstić information content (AvgIpc) is 2.95. The number of hydrogen-bond acceptors (Lipinski definition) is 3. The van der Waals surface area contributed by atoms with Gasteiger partial charge in [-0.1, -0.05) is 0 Å². The lowest BCUT2D eigenvalue weighted by atomic mass is 10.1. The maximum absolute atomic E-state index is 12.5. The van der Waals surface area contributed by atoms with Crippen molar-refractivity contribution in [2.45, 2.75) is 70.7 Å². The molecule has 4 nitrogen and oxygen atoms in total. The van der Waals surface area contributed by atoms with E-state index in [4.69, 9.17) is 4.74 Å². The maximum Gasteiger partial charge on any atom is 0.251 e.